The monoisotopic (exact) mass is 239 g/mol. The van der Waals surface area contributed by atoms with Crippen molar-refractivity contribution in [3.05, 3.63) is 29.6 Å². The van der Waals surface area contributed by atoms with Crippen molar-refractivity contribution in [3.8, 4) is 5.75 Å². The van der Waals surface area contributed by atoms with Crippen molar-refractivity contribution in [2.45, 2.75) is 13.3 Å². The van der Waals surface area contributed by atoms with Crippen LogP contribution in [0, 0.1) is 11.7 Å². The summed E-state index contributed by atoms with van der Waals surface area (Å²) in [6.07, 6.45) is 0.254. The predicted molar refractivity (Wildman–Crippen MR) is 64.8 cm³/mol. The van der Waals surface area contributed by atoms with E-state index in [1.165, 1.54) is 13.2 Å². The highest BCUT2D eigenvalue weighted by atomic mass is 19.1. The van der Waals surface area contributed by atoms with E-state index < -0.39 is 5.82 Å². The van der Waals surface area contributed by atoms with Crippen LogP contribution in [0.2, 0.25) is 0 Å². The quantitative estimate of drug-likeness (QED) is 0.822. The molecule has 0 aliphatic rings. The molecule has 1 aromatic carbocycles. The SMILES string of the molecule is CNCC(C)C(=O)Cc1ccc(OC)c(F)c1. The molecule has 1 aromatic rings. The van der Waals surface area contributed by atoms with Crippen LogP contribution in [0.3, 0.4) is 0 Å². The van der Waals surface area contributed by atoms with E-state index in [-0.39, 0.29) is 23.9 Å². The van der Waals surface area contributed by atoms with Gasteiger partial charge in [-0.2, -0.15) is 0 Å². The summed E-state index contributed by atoms with van der Waals surface area (Å²) in [5, 5.41) is 2.95. The van der Waals surface area contributed by atoms with Crippen molar-refractivity contribution < 1.29 is 13.9 Å². The number of hydrogen-bond donors (Lipinski definition) is 1. The van der Waals surface area contributed by atoms with Gasteiger partial charge in [0.25, 0.3) is 0 Å². The van der Waals surface area contributed by atoms with Gasteiger partial charge in [0.15, 0.2) is 11.6 Å². The topological polar surface area (TPSA) is 38.3 Å². The van der Waals surface area contributed by atoms with Gasteiger partial charge < -0.3 is 10.1 Å². The maximum Gasteiger partial charge on any atom is 0.165 e. The highest BCUT2D eigenvalue weighted by Crippen LogP contribution is 2.18. The van der Waals surface area contributed by atoms with Crippen LogP contribution in [0.5, 0.6) is 5.75 Å². The van der Waals surface area contributed by atoms with E-state index >= 15 is 0 Å². The summed E-state index contributed by atoms with van der Waals surface area (Å²) in [6.45, 7) is 2.50. The van der Waals surface area contributed by atoms with Gasteiger partial charge in [0, 0.05) is 18.9 Å². The van der Waals surface area contributed by atoms with Crippen molar-refractivity contribution in [2.75, 3.05) is 20.7 Å². The second-order valence-electron chi connectivity index (χ2n) is 4.07. The van der Waals surface area contributed by atoms with Gasteiger partial charge in [-0.05, 0) is 24.7 Å². The number of carbonyl (C=O) groups is 1. The number of ketones is 1. The maximum atomic E-state index is 13.4. The van der Waals surface area contributed by atoms with Crippen molar-refractivity contribution in [3.63, 3.8) is 0 Å². The molecule has 0 saturated carbocycles. The molecule has 3 nitrogen and oxygen atoms in total. The van der Waals surface area contributed by atoms with Gasteiger partial charge in [-0.1, -0.05) is 13.0 Å². The maximum absolute atomic E-state index is 13.4. The Labute approximate surface area is 101 Å². The van der Waals surface area contributed by atoms with Gasteiger partial charge in [0.2, 0.25) is 0 Å². The van der Waals surface area contributed by atoms with E-state index in [0.717, 1.165) is 0 Å². The highest BCUT2D eigenvalue weighted by Gasteiger charge is 2.13. The standard InChI is InChI=1S/C13H18FNO2/c1-9(8-15-2)12(16)7-10-4-5-13(17-3)11(14)6-10/h4-6,9,15H,7-8H2,1-3H3. The van der Waals surface area contributed by atoms with Crippen LogP contribution in [-0.4, -0.2) is 26.5 Å². The fourth-order valence-corrected chi connectivity index (χ4v) is 1.62. The smallest absolute Gasteiger partial charge is 0.165 e. The number of benzene rings is 1. The minimum absolute atomic E-state index is 0.0647. The Morgan fingerprint density at radius 2 is 2.24 bits per heavy atom. The second-order valence-corrected chi connectivity index (χ2v) is 4.07. The summed E-state index contributed by atoms with van der Waals surface area (Å²) in [5.74, 6) is -0.197. The van der Waals surface area contributed by atoms with Gasteiger partial charge in [0.1, 0.15) is 5.78 Å². The van der Waals surface area contributed by atoms with Crippen molar-refractivity contribution in [1.82, 2.24) is 5.32 Å². The number of methoxy groups -OCH3 is 1. The third-order valence-electron chi connectivity index (χ3n) is 2.65. The van der Waals surface area contributed by atoms with Crippen LogP contribution in [-0.2, 0) is 11.2 Å². The number of nitrogens with one attached hydrogen (secondary N) is 1. The highest BCUT2D eigenvalue weighted by molar-refractivity contribution is 5.83. The molecule has 0 bridgehead atoms. The lowest BCUT2D eigenvalue weighted by Crippen LogP contribution is -2.24. The lowest BCUT2D eigenvalue weighted by atomic mass is 9.99. The summed E-state index contributed by atoms with van der Waals surface area (Å²) in [7, 11) is 3.22. The number of Topliss-reactive ketones (excluding diaryl/α,β-unsaturated/α-hetero) is 1. The molecule has 94 valence electrons. The summed E-state index contributed by atoms with van der Waals surface area (Å²) < 4.78 is 18.2. The number of halogens is 1. The minimum Gasteiger partial charge on any atom is -0.494 e. The molecule has 0 saturated heterocycles. The van der Waals surface area contributed by atoms with Gasteiger partial charge >= 0.3 is 0 Å². The molecule has 0 aliphatic heterocycles. The third-order valence-corrected chi connectivity index (χ3v) is 2.65. The van der Waals surface area contributed by atoms with Crippen LogP contribution in [0.4, 0.5) is 4.39 Å². The Morgan fingerprint density at radius 3 is 2.76 bits per heavy atom. The average Bonchev–Trinajstić information content (AvgIpc) is 2.29. The molecular formula is C13H18FNO2. The zero-order valence-corrected chi connectivity index (χ0v) is 10.4. The van der Waals surface area contributed by atoms with E-state index in [1.54, 1.807) is 19.2 Å². The summed E-state index contributed by atoms with van der Waals surface area (Å²) >= 11 is 0. The molecule has 0 heterocycles. The molecule has 0 radical (unpaired) electrons. The Balaban J connectivity index is 2.69. The molecule has 0 spiro atoms. The van der Waals surface area contributed by atoms with Gasteiger partial charge in [-0.15, -0.1) is 0 Å². The first-order chi connectivity index (χ1) is 8.08. The van der Waals surface area contributed by atoms with E-state index in [2.05, 4.69) is 5.32 Å². The normalized spacial score (nSPS) is 12.2. The second kappa shape index (κ2) is 6.35. The van der Waals surface area contributed by atoms with Gasteiger partial charge in [0.05, 0.1) is 7.11 Å². The summed E-state index contributed by atoms with van der Waals surface area (Å²) in [5.41, 5.74) is 0.677. The average molecular weight is 239 g/mol. The molecule has 1 unspecified atom stereocenters. The van der Waals surface area contributed by atoms with Crippen LogP contribution < -0.4 is 10.1 Å². The van der Waals surface area contributed by atoms with Crippen LogP contribution in [0.15, 0.2) is 18.2 Å². The first-order valence-corrected chi connectivity index (χ1v) is 5.58. The Kier molecular flexibility index (Phi) is 5.10. The summed E-state index contributed by atoms with van der Waals surface area (Å²) in [6, 6.07) is 4.61. The molecule has 0 fully saturated rings. The Hall–Kier alpha value is -1.42. The number of rotatable bonds is 6. The molecule has 1 N–H and O–H groups in total. The molecule has 1 rings (SSSR count). The largest absolute Gasteiger partial charge is 0.494 e. The van der Waals surface area contributed by atoms with Crippen LogP contribution >= 0.6 is 0 Å². The van der Waals surface area contributed by atoms with E-state index in [1.807, 2.05) is 6.92 Å². The third kappa shape index (κ3) is 3.82. The van der Waals surface area contributed by atoms with E-state index in [0.29, 0.717) is 12.1 Å². The van der Waals surface area contributed by atoms with E-state index in [9.17, 15) is 9.18 Å². The number of ether oxygens (including phenoxy) is 1. The Bertz CT molecular complexity index is 393. The molecule has 1 atom stereocenters. The zero-order chi connectivity index (χ0) is 12.8. The fraction of sp³-hybridized carbons (Fsp3) is 0.462. The van der Waals surface area contributed by atoms with E-state index in [4.69, 9.17) is 4.74 Å². The minimum atomic E-state index is -0.431. The predicted octanol–water partition coefficient (Wildman–Crippen LogP) is 1.80. The lowest BCUT2D eigenvalue weighted by Gasteiger charge is -2.10. The van der Waals surface area contributed by atoms with Crippen LogP contribution in [0.1, 0.15) is 12.5 Å². The molecule has 0 aromatic heterocycles. The number of carbonyl (C=O) groups excluding carboxylic acids is 1. The molecule has 4 heteroatoms. The Morgan fingerprint density at radius 1 is 1.53 bits per heavy atom. The van der Waals surface area contributed by atoms with Crippen molar-refractivity contribution >= 4 is 5.78 Å². The first-order valence-electron chi connectivity index (χ1n) is 5.58. The number of hydrogen-bond acceptors (Lipinski definition) is 3. The molecular weight excluding hydrogens is 221 g/mol. The molecule has 0 amide bonds. The zero-order valence-electron chi connectivity index (χ0n) is 10.4. The molecule has 0 aliphatic carbocycles. The van der Waals surface area contributed by atoms with Gasteiger partial charge in [-0.25, -0.2) is 4.39 Å². The first kappa shape index (κ1) is 13.6. The van der Waals surface area contributed by atoms with Crippen molar-refractivity contribution in [2.24, 2.45) is 5.92 Å². The molecule has 17 heavy (non-hydrogen) atoms. The van der Waals surface area contributed by atoms with Crippen LogP contribution in [0.25, 0.3) is 0 Å². The fourth-order valence-electron chi connectivity index (χ4n) is 1.62. The van der Waals surface area contributed by atoms with Gasteiger partial charge in [-0.3, -0.25) is 4.79 Å². The van der Waals surface area contributed by atoms with Crippen molar-refractivity contribution in [1.29, 1.82) is 0 Å². The summed E-state index contributed by atoms with van der Waals surface area (Å²) in [4.78, 5) is 11.8. The lowest BCUT2D eigenvalue weighted by molar-refractivity contribution is -0.121.